The third-order valence-corrected chi connectivity index (χ3v) is 3.19. The standard InChI is InChI=1S/C16H15N3O/c1-10-8-11(2)14-13(9-10)17-16(18-14)19-15(20)12-6-4-3-5-7-12/h3-9H,1-2H3,(H2,17,18,19,20). The molecule has 3 aromatic rings. The van der Waals surface area contributed by atoms with Crippen LogP contribution in [0.2, 0.25) is 0 Å². The maximum Gasteiger partial charge on any atom is 0.257 e. The molecule has 3 rings (SSSR count). The zero-order chi connectivity index (χ0) is 14.1. The van der Waals surface area contributed by atoms with Gasteiger partial charge in [0.15, 0.2) is 0 Å². The van der Waals surface area contributed by atoms with Crippen LogP contribution in [0.25, 0.3) is 11.0 Å². The number of aromatic nitrogens is 2. The molecule has 4 heteroatoms. The Morgan fingerprint density at radius 2 is 1.90 bits per heavy atom. The number of hydrogen-bond acceptors (Lipinski definition) is 2. The summed E-state index contributed by atoms with van der Waals surface area (Å²) in [5.41, 5.74) is 4.70. The minimum Gasteiger partial charge on any atom is -0.324 e. The monoisotopic (exact) mass is 265 g/mol. The molecular weight excluding hydrogens is 250 g/mol. The normalized spacial score (nSPS) is 10.7. The molecule has 100 valence electrons. The van der Waals surface area contributed by atoms with Gasteiger partial charge in [0.1, 0.15) is 0 Å². The molecule has 0 radical (unpaired) electrons. The highest BCUT2D eigenvalue weighted by atomic mass is 16.1. The molecule has 0 unspecified atom stereocenters. The molecule has 1 aromatic heterocycles. The van der Waals surface area contributed by atoms with Gasteiger partial charge < -0.3 is 4.98 Å². The van der Waals surface area contributed by atoms with Crippen LogP contribution in [0.1, 0.15) is 21.5 Å². The van der Waals surface area contributed by atoms with E-state index in [4.69, 9.17) is 0 Å². The molecule has 0 aliphatic heterocycles. The van der Waals surface area contributed by atoms with Crippen molar-refractivity contribution in [3.05, 3.63) is 59.2 Å². The first-order chi connectivity index (χ1) is 9.63. The number of carbonyl (C=O) groups is 1. The molecule has 0 saturated carbocycles. The Morgan fingerprint density at radius 1 is 1.15 bits per heavy atom. The van der Waals surface area contributed by atoms with Crippen LogP contribution < -0.4 is 5.32 Å². The molecule has 0 spiro atoms. The highest BCUT2D eigenvalue weighted by molar-refractivity contribution is 6.04. The predicted octanol–water partition coefficient (Wildman–Crippen LogP) is 3.43. The number of aromatic amines is 1. The van der Waals surface area contributed by atoms with Crippen LogP contribution in [-0.2, 0) is 0 Å². The van der Waals surface area contributed by atoms with Crippen LogP contribution in [0.5, 0.6) is 0 Å². The lowest BCUT2D eigenvalue weighted by Crippen LogP contribution is -2.12. The summed E-state index contributed by atoms with van der Waals surface area (Å²) in [7, 11) is 0. The molecule has 1 heterocycles. The Labute approximate surface area is 116 Å². The van der Waals surface area contributed by atoms with Gasteiger partial charge in [-0.25, -0.2) is 4.98 Å². The van der Waals surface area contributed by atoms with E-state index in [1.807, 2.05) is 38.1 Å². The van der Waals surface area contributed by atoms with E-state index in [0.717, 1.165) is 16.6 Å². The summed E-state index contributed by atoms with van der Waals surface area (Å²) < 4.78 is 0. The average molecular weight is 265 g/mol. The van der Waals surface area contributed by atoms with Crippen molar-refractivity contribution in [2.75, 3.05) is 5.32 Å². The quantitative estimate of drug-likeness (QED) is 0.745. The Kier molecular flexibility index (Phi) is 2.99. The maximum atomic E-state index is 12.1. The van der Waals surface area contributed by atoms with Crippen molar-refractivity contribution in [1.82, 2.24) is 9.97 Å². The second-order valence-corrected chi connectivity index (χ2v) is 4.88. The average Bonchev–Trinajstić information content (AvgIpc) is 2.82. The zero-order valence-corrected chi connectivity index (χ0v) is 11.4. The van der Waals surface area contributed by atoms with E-state index in [-0.39, 0.29) is 5.91 Å². The molecule has 0 fully saturated rings. The smallest absolute Gasteiger partial charge is 0.257 e. The first kappa shape index (κ1) is 12.4. The number of amides is 1. The summed E-state index contributed by atoms with van der Waals surface area (Å²) in [6.45, 7) is 4.05. The van der Waals surface area contributed by atoms with Gasteiger partial charge >= 0.3 is 0 Å². The fraction of sp³-hybridized carbons (Fsp3) is 0.125. The van der Waals surface area contributed by atoms with E-state index in [2.05, 4.69) is 21.4 Å². The Bertz CT molecular complexity index is 775. The Hall–Kier alpha value is -2.62. The number of hydrogen-bond donors (Lipinski definition) is 2. The van der Waals surface area contributed by atoms with E-state index in [1.165, 1.54) is 5.56 Å². The van der Waals surface area contributed by atoms with E-state index < -0.39 is 0 Å². The minimum absolute atomic E-state index is 0.168. The second kappa shape index (κ2) is 4.81. The van der Waals surface area contributed by atoms with Crippen LogP contribution in [0.3, 0.4) is 0 Å². The number of benzene rings is 2. The number of H-pyrrole nitrogens is 1. The van der Waals surface area contributed by atoms with Gasteiger partial charge in [0, 0.05) is 5.56 Å². The molecule has 2 aromatic carbocycles. The molecule has 0 saturated heterocycles. The highest BCUT2D eigenvalue weighted by Crippen LogP contribution is 2.20. The van der Waals surface area contributed by atoms with Crippen LogP contribution in [-0.4, -0.2) is 15.9 Å². The van der Waals surface area contributed by atoms with Crippen LogP contribution in [0.15, 0.2) is 42.5 Å². The molecule has 20 heavy (non-hydrogen) atoms. The SMILES string of the molecule is Cc1cc(C)c2nc(NC(=O)c3ccccc3)[nH]c2c1. The Morgan fingerprint density at radius 3 is 2.65 bits per heavy atom. The number of carbonyl (C=O) groups excluding carboxylic acids is 1. The van der Waals surface area contributed by atoms with E-state index >= 15 is 0 Å². The summed E-state index contributed by atoms with van der Waals surface area (Å²) in [5.74, 6) is 0.307. The maximum absolute atomic E-state index is 12.1. The number of imidazole rings is 1. The van der Waals surface area contributed by atoms with Crippen LogP contribution >= 0.6 is 0 Å². The van der Waals surface area contributed by atoms with Crippen molar-refractivity contribution >= 4 is 22.9 Å². The lowest BCUT2D eigenvalue weighted by atomic mass is 10.1. The van der Waals surface area contributed by atoms with Crippen LogP contribution in [0, 0.1) is 13.8 Å². The Balaban J connectivity index is 1.92. The van der Waals surface area contributed by atoms with Gasteiger partial charge in [-0.15, -0.1) is 0 Å². The summed E-state index contributed by atoms with van der Waals surface area (Å²) in [6, 6.07) is 13.2. The van der Waals surface area contributed by atoms with Gasteiger partial charge in [-0.1, -0.05) is 24.3 Å². The summed E-state index contributed by atoms with van der Waals surface area (Å²) in [6.07, 6.45) is 0. The molecule has 4 nitrogen and oxygen atoms in total. The first-order valence-electron chi connectivity index (χ1n) is 6.47. The minimum atomic E-state index is -0.168. The first-order valence-corrected chi connectivity index (χ1v) is 6.47. The van der Waals surface area contributed by atoms with Crippen molar-refractivity contribution in [2.24, 2.45) is 0 Å². The third-order valence-electron chi connectivity index (χ3n) is 3.19. The van der Waals surface area contributed by atoms with Gasteiger partial charge in [-0.05, 0) is 43.2 Å². The second-order valence-electron chi connectivity index (χ2n) is 4.88. The number of nitrogens with one attached hydrogen (secondary N) is 2. The molecule has 0 aliphatic rings. The molecule has 0 bridgehead atoms. The number of anilines is 1. The van der Waals surface area contributed by atoms with Crippen molar-refractivity contribution < 1.29 is 4.79 Å². The summed E-state index contributed by atoms with van der Waals surface area (Å²) in [4.78, 5) is 19.6. The van der Waals surface area contributed by atoms with Crippen molar-refractivity contribution in [2.45, 2.75) is 13.8 Å². The zero-order valence-electron chi connectivity index (χ0n) is 11.4. The van der Waals surface area contributed by atoms with Gasteiger partial charge in [-0.3, -0.25) is 10.1 Å². The van der Waals surface area contributed by atoms with Crippen molar-refractivity contribution in [3.63, 3.8) is 0 Å². The topological polar surface area (TPSA) is 57.8 Å². The molecule has 0 atom stereocenters. The number of fused-ring (bicyclic) bond motifs is 1. The number of aryl methyl sites for hydroxylation is 2. The molecule has 0 aliphatic carbocycles. The summed E-state index contributed by atoms with van der Waals surface area (Å²) >= 11 is 0. The van der Waals surface area contributed by atoms with E-state index in [1.54, 1.807) is 12.1 Å². The van der Waals surface area contributed by atoms with Gasteiger partial charge in [0.2, 0.25) is 5.95 Å². The largest absolute Gasteiger partial charge is 0.324 e. The molecule has 1 amide bonds. The molecular formula is C16H15N3O. The van der Waals surface area contributed by atoms with E-state index in [0.29, 0.717) is 11.5 Å². The van der Waals surface area contributed by atoms with Gasteiger partial charge in [0.25, 0.3) is 5.91 Å². The number of rotatable bonds is 2. The highest BCUT2D eigenvalue weighted by Gasteiger charge is 2.10. The number of nitrogens with zero attached hydrogens (tertiary/aromatic N) is 1. The molecule has 2 N–H and O–H groups in total. The van der Waals surface area contributed by atoms with Crippen molar-refractivity contribution in [3.8, 4) is 0 Å². The van der Waals surface area contributed by atoms with Gasteiger partial charge in [-0.2, -0.15) is 0 Å². The van der Waals surface area contributed by atoms with Gasteiger partial charge in [0.05, 0.1) is 11.0 Å². The van der Waals surface area contributed by atoms with E-state index in [9.17, 15) is 4.79 Å². The van der Waals surface area contributed by atoms with Crippen molar-refractivity contribution in [1.29, 1.82) is 0 Å². The predicted molar refractivity (Wildman–Crippen MR) is 80.0 cm³/mol. The summed E-state index contributed by atoms with van der Waals surface area (Å²) in [5, 5.41) is 2.79. The lowest BCUT2D eigenvalue weighted by molar-refractivity contribution is 0.102. The fourth-order valence-electron chi connectivity index (χ4n) is 2.30. The third kappa shape index (κ3) is 2.28. The lowest BCUT2D eigenvalue weighted by Gasteiger charge is -2.00. The fourth-order valence-corrected chi connectivity index (χ4v) is 2.30. The van der Waals surface area contributed by atoms with Crippen LogP contribution in [0.4, 0.5) is 5.95 Å².